The van der Waals surface area contributed by atoms with E-state index in [-0.39, 0.29) is 11.9 Å². The monoisotopic (exact) mass is 265 g/mol. The number of nitrogens with two attached hydrogens (primary N) is 1. The molecule has 6 heteroatoms. The molecule has 1 saturated heterocycles. The molecule has 6 nitrogen and oxygen atoms in total. The van der Waals surface area contributed by atoms with Crippen LogP contribution in [0, 0.1) is 0 Å². The molecule has 1 aromatic heterocycles. The van der Waals surface area contributed by atoms with Crippen molar-refractivity contribution >= 4 is 11.6 Å². The van der Waals surface area contributed by atoms with Gasteiger partial charge in [0.2, 0.25) is 0 Å². The van der Waals surface area contributed by atoms with Gasteiger partial charge in [-0.2, -0.15) is 5.10 Å². The summed E-state index contributed by atoms with van der Waals surface area (Å²) in [6.45, 7) is 4.39. The van der Waals surface area contributed by atoms with Crippen LogP contribution in [0.5, 0.6) is 0 Å². The maximum absolute atomic E-state index is 12.5. The summed E-state index contributed by atoms with van der Waals surface area (Å²) in [6, 6.07) is 0.272. The number of hydrogen-bond acceptors (Lipinski definition) is 4. The number of rotatable bonds is 4. The number of aryl methyl sites for hydroxylation is 1. The van der Waals surface area contributed by atoms with Crippen molar-refractivity contribution < 1.29 is 4.79 Å². The van der Waals surface area contributed by atoms with Crippen molar-refractivity contribution in [2.75, 3.05) is 32.9 Å². The first-order valence-corrected chi connectivity index (χ1v) is 6.81. The SMILES string of the molecule is CCn1cc(N)c(C(=O)N2CCCC2CN(C)C)n1. The van der Waals surface area contributed by atoms with Crippen molar-refractivity contribution in [3.8, 4) is 0 Å². The molecule has 1 aliphatic heterocycles. The van der Waals surface area contributed by atoms with Gasteiger partial charge in [0.25, 0.3) is 5.91 Å². The lowest BCUT2D eigenvalue weighted by Gasteiger charge is -2.26. The van der Waals surface area contributed by atoms with Gasteiger partial charge >= 0.3 is 0 Å². The van der Waals surface area contributed by atoms with Crippen LogP contribution < -0.4 is 5.73 Å². The van der Waals surface area contributed by atoms with Gasteiger partial charge in [0.15, 0.2) is 5.69 Å². The summed E-state index contributed by atoms with van der Waals surface area (Å²) in [6.07, 6.45) is 3.83. The molecule has 1 aliphatic rings. The summed E-state index contributed by atoms with van der Waals surface area (Å²) in [7, 11) is 4.06. The van der Waals surface area contributed by atoms with Gasteiger partial charge in [0.1, 0.15) is 0 Å². The summed E-state index contributed by atoms with van der Waals surface area (Å²) in [5.74, 6) is -0.0333. The molecule has 1 aromatic rings. The zero-order valence-corrected chi connectivity index (χ0v) is 12.0. The lowest BCUT2D eigenvalue weighted by atomic mass is 10.2. The second-order valence-corrected chi connectivity index (χ2v) is 5.35. The van der Waals surface area contributed by atoms with Crippen LogP contribution in [0.15, 0.2) is 6.20 Å². The molecule has 0 saturated carbocycles. The Balaban J connectivity index is 2.15. The second-order valence-electron chi connectivity index (χ2n) is 5.35. The molecule has 0 aromatic carbocycles. The van der Waals surface area contributed by atoms with Crippen LogP contribution in [-0.2, 0) is 6.54 Å². The molecule has 0 aliphatic carbocycles. The van der Waals surface area contributed by atoms with Gasteiger partial charge in [0.05, 0.1) is 5.69 Å². The van der Waals surface area contributed by atoms with E-state index in [1.165, 1.54) is 0 Å². The topological polar surface area (TPSA) is 67.4 Å². The standard InChI is InChI=1S/C13H23N5O/c1-4-17-9-11(14)12(15-17)13(19)18-7-5-6-10(18)8-16(2)3/h9-10H,4-8,14H2,1-3H3. The molecular weight excluding hydrogens is 242 g/mol. The fraction of sp³-hybridized carbons (Fsp3) is 0.692. The zero-order chi connectivity index (χ0) is 14.0. The molecular formula is C13H23N5O. The van der Waals surface area contributed by atoms with Gasteiger partial charge in [-0.1, -0.05) is 0 Å². The summed E-state index contributed by atoms with van der Waals surface area (Å²) in [5, 5.41) is 4.27. The highest BCUT2D eigenvalue weighted by Crippen LogP contribution is 2.22. The molecule has 106 valence electrons. The van der Waals surface area contributed by atoms with Gasteiger partial charge in [-0.25, -0.2) is 0 Å². The number of nitrogens with zero attached hydrogens (tertiary/aromatic N) is 4. The van der Waals surface area contributed by atoms with Crippen molar-refractivity contribution in [1.82, 2.24) is 19.6 Å². The average molecular weight is 265 g/mol. The minimum atomic E-state index is -0.0333. The Labute approximate surface area is 114 Å². The fourth-order valence-corrected chi connectivity index (χ4v) is 2.62. The first kappa shape index (κ1) is 13.9. The molecule has 0 radical (unpaired) electrons. The maximum atomic E-state index is 12.5. The Kier molecular flexibility index (Phi) is 4.09. The number of aromatic nitrogens is 2. The van der Waals surface area contributed by atoms with Crippen molar-refractivity contribution in [3.05, 3.63) is 11.9 Å². The van der Waals surface area contributed by atoms with E-state index in [2.05, 4.69) is 10.00 Å². The summed E-state index contributed by atoms with van der Waals surface area (Å²) in [5.41, 5.74) is 6.76. The summed E-state index contributed by atoms with van der Waals surface area (Å²) < 4.78 is 1.71. The lowest BCUT2D eigenvalue weighted by molar-refractivity contribution is 0.0710. The smallest absolute Gasteiger partial charge is 0.276 e. The number of hydrogen-bond donors (Lipinski definition) is 1. The van der Waals surface area contributed by atoms with Crippen LogP contribution in [0.2, 0.25) is 0 Å². The Morgan fingerprint density at radius 3 is 2.89 bits per heavy atom. The van der Waals surface area contributed by atoms with Crippen molar-refractivity contribution in [1.29, 1.82) is 0 Å². The molecule has 1 fully saturated rings. The number of likely N-dealkylation sites (tertiary alicyclic amines) is 1. The molecule has 2 heterocycles. The van der Waals surface area contributed by atoms with Crippen molar-refractivity contribution in [3.63, 3.8) is 0 Å². The highest BCUT2D eigenvalue weighted by Gasteiger charge is 2.31. The Bertz CT molecular complexity index is 454. The quantitative estimate of drug-likeness (QED) is 0.868. The number of amides is 1. The van der Waals surface area contributed by atoms with Crippen LogP contribution in [0.3, 0.4) is 0 Å². The lowest BCUT2D eigenvalue weighted by Crippen LogP contribution is -2.41. The highest BCUT2D eigenvalue weighted by atomic mass is 16.2. The Hall–Kier alpha value is -1.56. The molecule has 2 N–H and O–H groups in total. The predicted molar refractivity (Wildman–Crippen MR) is 74.9 cm³/mol. The number of carbonyl (C=O) groups is 1. The summed E-state index contributed by atoms with van der Waals surface area (Å²) in [4.78, 5) is 16.6. The molecule has 0 spiro atoms. The number of carbonyl (C=O) groups excluding carboxylic acids is 1. The average Bonchev–Trinajstić information content (AvgIpc) is 2.94. The van der Waals surface area contributed by atoms with Gasteiger partial charge < -0.3 is 15.5 Å². The minimum absolute atomic E-state index is 0.0333. The van der Waals surface area contributed by atoms with Gasteiger partial charge in [-0.05, 0) is 33.9 Å². The first-order chi connectivity index (χ1) is 9.02. The highest BCUT2D eigenvalue weighted by molar-refractivity contribution is 5.97. The Morgan fingerprint density at radius 2 is 2.32 bits per heavy atom. The third kappa shape index (κ3) is 2.89. The van der Waals surface area contributed by atoms with Gasteiger partial charge in [-0.3, -0.25) is 9.48 Å². The van der Waals surface area contributed by atoms with E-state index in [0.29, 0.717) is 11.4 Å². The van der Waals surface area contributed by atoms with Gasteiger partial charge in [0, 0.05) is 31.9 Å². The van der Waals surface area contributed by atoms with E-state index in [1.54, 1.807) is 10.9 Å². The third-order valence-electron chi connectivity index (χ3n) is 3.53. The number of nitrogen functional groups attached to an aromatic ring is 1. The molecule has 0 bridgehead atoms. The largest absolute Gasteiger partial charge is 0.396 e. The maximum Gasteiger partial charge on any atom is 0.276 e. The molecule has 19 heavy (non-hydrogen) atoms. The van der Waals surface area contributed by atoms with Crippen LogP contribution in [0.4, 0.5) is 5.69 Å². The van der Waals surface area contributed by atoms with Crippen LogP contribution in [-0.4, -0.2) is 58.7 Å². The van der Waals surface area contributed by atoms with E-state index in [1.807, 2.05) is 25.9 Å². The first-order valence-electron chi connectivity index (χ1n) is 6.81. The van der Waals surface area contributed by atoms with Crippen LogP contribution >= 0.6 is 0 Å². The van der Waals surface area contributed by atoms with E-state index in [9.17, 15) is 4.79 Å². The molecule has 1 unspecified atom stereocenters. The Morgan fingerprint density at radius 1 is 1.58 bits per heavy atom. The molecule has 2 rings (SSSR count). The van der Waals surface area contributed by atoms with E-state index >= 15 is 0 Å². The second kappa shape index (κ2) is 5.61. The minimum Gasteiger partial charge on any atom is -0.396 e. The summed E-state index contributed by atoms with van der Waals surface area (Å²) >= 11 is 0. The van der Waals surface area contributed by atoms with Crippen molar-refractivity contribution in [2.24, 2.45) is 0 Å². The fourth-order valence-electron chi connectivity index (χ4n) is 2.62. The van der Waals surface area contributed by atoms with Crippen LogP contribution in [0.1, 0.15) is 30.3 Å². The van der Waals surface area contributed by atoms with Crippen molar-refractivity contribution in [2.45, 2.75) is 32.4 Å². The van der Waals surface area contributed by atoms with E-state index < -0.39 is 0 Å². The zero-order valence-electron chi connectivity index (χ0n) is 12.0. The third-order valence-corrected chi connectivity index (χ3v) is 3.53. The van der Waals surface area contributed by atoms with Crippen LogP contribution in [0.25, 0.3) is 0 Å². The normalized spacial score (nSPS) is 19.4. The van der Waals surface area contributed by atoms with E-state index in [4.69, 9.17) is 5.73 Å². The molecule has 1 atom stereocenters. The number of anilines is 1. The molecule has 1 amide bonds. The van der Waals surface area contributed by atoms with E-state index in [0.717, 1.165) is 32.5 Å². The predicted octanol–water partition coefficient (Wildman–Crippen LogP) is 0.651. The number of likely N-dealkylation sites (N-methyl/N-ethyl adjacent to an activating group) is 1. The van der Waals surface area contributed by atoms with Gasteiger partial charge in [-0.15, -0.1) is 0 Å².